The second kappa shape index (κ2) is 7.95. The molecule has 1 heterocycles. The minimum Gasteiger partial charge on any atom is -0.434 e. The van der Waals surface area contributed by atoms with Gasteiger partial charge in [0.1, 0.15) is 11.1 Å². The maximum absolute atomic E-state index is 11.6. The predicted molar refractivity (Wildman–Crippen MR) is 82.6 cm³/mol. The van der Waals surface area contributed by atoms with Crippen LogP contribution in [0.25, 0.3) is 11.0 Å². The molecule has 9 nitrogen and oxygen atoms in total. The van der Waals surface area contributed by atoms with Crippen molar-refractivity contribution in [1.29, 1.82) is 0 Å². The average Bonchev–Trinajstić information content (AvgIpc) is 2.55. The fraction of sp³-hybridized carbons (Fsp3) is 0.250. The van der Waals surface area contributed by atoms with Crippen LogP contribution < -0.4 is 15.1 Å². The van der Waals surface area contributed by atoms with E-state index in [1.54, 1.807) is 13.8 Å². The van der Waals surface area contributed by atoms with Crippen molar-refractivity contribution in [3.8, 4) is 11.5 Å². The summed E-state index contributed by atoms with van der Waals surface area (Å²) >= 11 is 0. The monoisotopic (exact) mass is 349 g/mol. The Bertz CT molecular complexity index is 866. The van der Waals surface area contributed by atoms with Crippen molar-refractivity contribution in [3.63, 3.8) is 0 Å². The van der Waals surface area contributed by atoms with Gasteiger partial charge in [-0.25, -0.2) is 14.4 Å². The van der Waals surface area contributed by atoms with Crippen LogP contribution in [0.15, 0.2) is 27.4 Å². The van der Waals surface area contributed by atoms with E-state index < -0.39 is 17.9 Å². The lowest BCUT2D eigenvalue weighted by Crippen LogP contribution is -2.14. The largest absolute Gasteiger partial charge is 0.513 e. The smallest absolute Gasteiger partial charge is 0.434 e. The van der Waals surface area contributed by atoms with Crippen LogP contribution in [0, 0.1) is 0 Å². The van der Waals surface area contributed by atoms with E-state index in [1.165, 1.54) is 18.4 Å². The first-order chi connectivity index (χ1) is 12.0. The highest BCUT2D eigenvalue weighted by Crippen LogP contribution is 2.33. The van der Waals surface area contributed by atoms with E-state index in [0.29, 0.717) is 0 Å². The number of rotatable bonds is 5. The van der Waals surface area contributed by atoms with Gasteiger partial charge in [0.15, 0.2) is 11.5 Å². The van der Waals surface area contributed by atoms with Crippen LogP contribution in [-0.4, -0.2) is 31.8 Å². The lowest BCUT2D eigenvalue weighted by Gasteiger charge is -2.11. The quantitative estimate of drug-likeness (QED) is 0.455. The van der Waals surface area contributed by atoms with Crippen LogP contribution in [0.3, 0.4) is 0 Å². The Balaban J connectivity index is 2.52. The number of benzene rings is 1. The molecule has 0 bridgehead atoms. The van der Waals surface area contributed by atoms with Crippen LogP contribution in [0.5, 0.6) is 11.5 Å². The number of ether oxygens (including phenoxy) is 4. The molecule has 0 amide bonds. The summed E-state index contributed by atoms with van der Waals surface area (Å²) in [6.45, 7) is 3.29. The molecule has 0 atom stereocenters. The van der Waals surface area contributed by atoms with Gasteiger partial charge in [-0.3, -0.25) is 4.79 Å². The number of hydrogen-bond donors (Lipinski definition) is 0. The zero-order valence-corrected chi connectivity index (χ0v) is 13.3. The van der Waals surface area contributed by atoms with Crippen molar-refractivity contribution >= 4 is 29.6 Å². The van der Waals surface area contributed by atoms with Gasteiger partial charge < -0.3 is 23.4 Å². The lowest BCUT2D eigenvalue weighted by molar-refractivity contribution is 0.0940. The Kier molecular flexibility index (Phi) is 5.72. The zero-order valence-electron chi connectivity index (χ0n) is 13.3. The van der Waals surface area contributed by atoms with Crippen LogP contribution in [-0.2, 0) is 14.3 Å². The standard InChI is InChI=1S/C16H13O9/c1-3-21-15(19)24-12-6-9-5-10(8-17)14(18)23-11(9)7-13(12)25-16(20)22-4-2/h5-7H,3-4H2,1-2H3. The fourth-order valence-electron chi connectivity index (χ4n) is 1.83. The Labute approximate surface area is 141 Å². The predicted octanol–water partition coefficient (Wildman–Crippen LogP) is 2.32. The molecule has 1 aromatic carbocycles. The average molecular weight is 349 g/mol. The third-order valence-electron chi connectivity index (χ3n) is 2.82. The molecule has 25 heavy (non-hydrogen) atoms. The van der Waals surface area contributed by atoms with E-state index in [1.807, 2.05) is 0 Å². The second-order valence-electron chi connectivity index (χ2n) is 4.46. The molecular weight excluding hydrogens is 336 g/mol. The highest BCUT2D eigenvalue weighted by molar-refractivity contribution is 5.87. The van der Waals surface area contributed by atoms with Gasteiger partial charge >= 0.3 is 17.9 Å². The lowest BCUT2D eigenvalue weighted by atomic mass is 10.2. The third-order valence-corrected chi connectivity index (χ3v) is 2.82. The Hall–Kier alpha value is -3.36. The van der Waals surface area contributed by atoms with Gasteiger partial charge in [-0.05, 0) is 26.0 Å². The molecule has 2 aromatic rings. The molecule has 0 aliphatic carbocycles. The Morgan fingerprint density at radius 3 is 2.08 bits per heavy atom. The van der Waals surface area contributed by atoms with Crippen LogP contribution in [0.4, 0.5) is 9.59 Å². The molecule has 0 unspecified atom stereocenters. The SMILES string of the molecule is CCOC(=O)Oc1cc2cc([C]=O)c(=O)oc2cc1OC(=O)OCC. The van der Waals surface area contributed by atoms with Crippen LogP contribution >= 0.6 is 0 Å². The summed E-state index contributed by atoms with van der Waals surface area (Å²) in [4.78, 5) is 45.4. The summed E-state index contributed by atoms with van der Waals surface area (Å²) in [5.74, 6) is -0.422. The third kappa shape index (κ3) is 4.34. The van der Waals surface area contributed by atoms with E-state index in [0.717, 1.165) is 6.07 Å². The number of carbonyl (C=O) groups is 2. The van der Waals surface area contributed by atoms with Gasteiger partial charge in [0.2, 0.25) is 6.29 Å². The fourth-order valence-corrected chi connectivity index (χ4v) is 1.83. The molecule has 1 radical (unpaired) electrons. The van der Waals surface area contributed by atoms with Gasteiger partial charge in [-0.2, -0.15) is 0 Å². The summed E-state index contributed by atoms with van der Waals surface area (Å²) in [7, 11) is 0. The maximum atomic E-state index is 11.6. The van der Waals surface area contributed by atoms with Gasteiger partial charge in [-0.1, -0.05) is 0 Å². The number of carbonyl (C=O) groups excluding carboxylic acids is 3. The molecule has 0 N–H and O–H groups in total. The van der Waals surface area contributed by atoms with Crippen molar-refractivity contribution in [2.75, 3.05) is 13.2 Å². The maximum Gasteiger partial charge on any atom is 0.513 e. The first-order valence-electron chi connectivity index (χ1n) is 7.17. The molecule has 131 valence electrons. The summed E-state index contributed by atoms with van der Waals surface area (Å²) < 4.78 is 24.2. The van der Waals surface area contributed by atoms with E-state index in [-0.39, 0.29) is 41.2 Å². The molecule has 2 rings (SSSR count). The number of fused-ring (bicyclic) bond motifs is 1. The van der Waals surface area contributed by atoms with Gasteiger partial charge in [0, 0.05) is 11.5 Å². The zero-order chi connectivity index (χ0) is 18.4. The van der Waals surface area contributed by atoms with E-state index in [4.69, 9.17) is 13.9 Å². The normalized spacial score (nSPS) is 10.2. The summed E-state index contributed by atoms with van der Waals surface area (Å²) in [6.07, 6.45) is -0.640. The molecule has 0 spiro atoms. The molecule has 0 fully saturated rings. The molecule has 0 aliphatic rings. The van der Waals surface area contributed by atoms with Crippen molar-refractivity contribution in [1.82, 2.24) is 0 Å². The van der Waals surface area contributed by atoms with Crippen molar-refractivity contribution in [3.05, 3.63) is 34.2 Å². The van der Waals surface area contributed by atoms with Gasteiger partial charge in [0.25, 0.3) is 0 Å². The van der Waals surface area contributed by atoms with Gasteiger partial charge in [0.05, 0.1) is 13.2 Å². The van der Waals surface area contributed by atoms with Gasteiger partial charge in [-0.15, -0.1) is 0 Å². The van der Waals surface area contributed by atoms with Crippen molar-refractivity contribution < 1.29 is 37.7 Å². The number of hydrogen-bond acceptors (Lipinski definition) is 9. The van der Waals surface area contributed by atoms with Crippen molar-refractivity contribution in [2.45, 2.75) is 13.8 Å². The molecule has 9 heteroatoms. The first kappa shape index (κ1) is 18.0. The second-order valence-corrected chi connectivity index (χ2v) is 4.46. The molecular formula is C16H13O9. The van der Waals surface area contributed by atoms with E-state index in [2.05, 4.69) is 9.47 Å². The molecule has 0 saturated heterocycles. The highest BCUT2D eigenvalue weighted by atomic mass is 16.7. The highest BCUT2D eigenvalue weighted by Gasteiger charge is 2.18. The molecule has 0 saturated carbocycles. The van der Waals surface area contributed by atoms with Crippen LogP contribution in [0.1, 0.15) is 19.4 Å². The van der Waals surface area contributed by atoms with Crippen LogP contribution in [0.2, 0.25) is 0 Å². The molecule has 1 aromatic heterocycles. The summed E-state index contributed by atoms with van der Waals surface area (Å²) in [5, 5.41) is 0.244. The summed E-state index contributed by atoms with van der Waals surface area (Å²) in [5.41, 5.74) is -1.25. The van der Waals surface area contributed by atoms with Crippen molar-refractivity contribution in [2.24, 2.45) is 0 Å². The minimum atomic E-state index is -1.05. The summed E-state index contributed by atoms with van der Waals surface area (Å²) in [6, 6.07) is 3.59. The van der Waals surface area contributed by atoms with E-state index in [9.17, 15) is 19.2 Å². The topological polar surface area (TPSA) is 118 Å². The Morgan fingerprint density at radius 2 is 1.56 bits per heavy atom. The van der Waals surface area contributed by atoms with E-state index >= 15 is 0 Å². The first-order valence-corrected chi connectivity index (χ1v) is 7.17. The molecule has 0 aliphatic heterocycles. The minimum absolute atomic E-state index is 0.000456. The Morgan fingerprint density at radius 1 is 1.00 bits per heavy atom.